The molecular weight excluding hydrogens is 284 g/mol. The van der Waals surface area contributed by atoms with E-state index < -0.39 is 0 Å². The van der Waals surface area contributed by atoms with Crippen molar-refractivity contribution in [2.24, 2.45) is 0 Å². The Bertz CT molecular complexity index is 136. The summed E-state index contributed by atoms with van der Waals surface area (Å²) in [6.45, 7) is 18.2. The Morgan fingerprint density at radius 2 is 1.13 bits per heavy atom. The summed E-state index contributed by atoms with van der Waals surface area (Å²) in [5.74, 6) is 0. The highest BCUT2D eigenvalue weighted by Crippen LogP contribution is 2.12. The van der Waals surface area contributed by atoms with Crippen LogP contribution < -0.4 is 0 Å². The van der Waals surface area contributed by atoms with Crippen molar-refractivity contribution in [1.29, 1.82) is 0 Å². The van der Waals surface area contributed by atoms with Gasteiger partial charge in [0.25, 0.3) is 0 Å². The Labute approximate surface area is 149 Å². The average molecular weight is 335 g/mol. The summed E-state index contributed by atoms with van der Waals surface area (Å²) >= 11 is 0. The highest BCUT2D eigenvalue weighted by molar-refractivity contribution is 5.44. The van der Waals surface area contributed by atoms with Gasteiger partial charge in [-0.2, -0.15) is 0 Å². The average Bonchev–Trinajstić information content (AvgIpc) is 2.59. The van der Waals surface area contributed by atoms with Crippen molar-refractivity contribution in [3.8, 4) is 0 Å². The van der Waals surface area contributed by atoms with Crippen molar-refractivity contribution in [3.63, 3.8) is 0 Å². The monoisotopic (exact) mass is 334 g/mol. The van der Waals surface area contributed by atoms with Crippen LogP contribution in [0.4, 0.5) is 0 Å². The van der Waals surface area contributed by atoms with Crippen LogP contribution in [0.5, 0.6) is 0 Å². The molecule has 0 aromatic carbocycles. The van der Waals surface area contributed by atoms with E-state index in [4.69, 9.17) is 9.53 Å². The molecule has 0 aliphatic heterocycles. The molecule has 0 saturated carbocycles. The van der Waals surface area contributed by atoms with Gasteiger partial charge in [0.15, 0.2) is 0 Å². The molecule has 0 N–H and O–H groups in total. The summed E-state index contributed by atoms with van der Waals surface area (Å²) in [6, 6.07) is 0. The molecule has 0 aromatic rings. The van der Waals surface area contributed by atoms with Crippen molar-refractivity contribution >= 4 is 6.29 Å². The fourth-order valence-electron chi connectivity index (χ4n) is 1.61. The smallest absolute Gasteiger partial charge is 0.116 e. The lowest BCUT2D eigenvalue weighted by atomic mass is 10.0. The fraction of sp³-hybridized carbons (Fsp3) is 0.952. The van der Waals surface area contributed by atoms with Gasteiger partial charge < -0.3 is 9.53 Å². The normalized spacial score (nSPS) is 9.30. The zero-order valence-electron chi connectivity index (χ0n) is 18.3. The van der Waals surface area contributed by atoms with E-state index in [0.717, 1.165) is 6.29 Å². The van der Waals surface area contributed by atoms with Gasteiger partial charge in [0, 0.05) is 7.11 Å². The zero-order chi connectivity index (χ0) is 19.4. The lowest BCUT2D eigenvalue weighted by Gasteiger charge is -2.14. The minimum Gasteiger partial charge on any atom is -0.381 e. The highest BCUT2D eigenvalue weighted by atomic mass is 16.5. The molecule has 0 radical (unpaired) electrons. The number of aldehydes is 1. The quantitative estimate of drug-likeness (QED) is 0.317. The summed E-state index contributed by atoms with van der Waals surface area (Å²) in [4.78, 5) is 8.81. The molecule has 0 aliphatic rings. The van der Waals surface area contributed by atoms with E-state index >= 15 is 0 Å². The standard InChI is InChI=1S/C12H26O.C3H8.C2H4O.2C2H6/c1-4-6-8-9-11-12(13-3)10-7-5-2;1-3-2;1-2-3;2*1-2/h12H,4-11H2,1-3H3;3H2,1-2H3;2H,1H3;2*1-2H3. The number of ether oxygens (including phenoxy) is 1. The Kier molecular flexibility index (Phi) is 73.4. The number of unbranched alkanes of at least 4 members (excludes halogenated alkanes) is 4. The molecule has 146 valence electrons. The van der Waals surface area contributed by atoms with E-state index in [1.54, 1.807) is 0 Å². The second kappa shape index (κ2) is 49.6. The Morgan fingerprint density at radius 3 is 1.43 bits per heavy atom. The third-order valence-corrected chi connectivity index (χ3v) is 2.59. The lowest BCUT2D eigenvalue weighted by molar-refractivity contribution is -0.106. The molecule has 0 spiro atoms. The number of carbonyl (C=O) groups excluding carboxylic acids is 1. The molecule has 0 amide bonds. The summed E-state index contributed by atoms with van der Waals surface area (Å²) < 4.78 is 5.43. The van der Waals surface area contributed by atoms with Gasteiger partial charge in [0.1, 0.15) is 6.29 Å². The van der Waals surface area contributed by atoms with Crippen molar-refractivity contribution in [1.82, 2.24) is 0 Å². The van der Waals surface area contributed by atoms with Crippen molar-refractivity contribution < 1.29 is 9.53 Å². The molecule has 2 nitrogen and oxygen atoms in total. The van der Waals surface area contributed by atoms with E-state index in [2.05, 4.69) is 27.7 Å². The maximum atomic E-state index is 8.81. The molecule has 2 heteroatoms. The van der Waals surface area contributed by atoms with Crippen LogP contribution in [0.2, 0.25) is 0 Å². The van der Waals surface area contributed by atoms with Gasteiger partial charge in [-0.05, 0) is 19.8 Å². The minimum atomic E-state index is 0.525. The third-order valence-electron chi connectivity index (χ3n) is 2.59. The van der Waals surface area contributed by atoms with Crippen molar-refractivity contribution in [2.75, 3.05) is 7.11 Å². The maximum Gasteiger partial charge on any atom is 0.116 e. The van der Waals surface area contributed by atoms with Crippen LogP contribution in [-0.2, 0) is 9.53 Å². The fourth-order valence-corrected chi connectivity index (χ4v) is 1.61. The van der Waals surface area contributed by atoms with E-state index in [1.165, 1.54) is 64.7 Å². The third kappa shape index (κ3) is 61.6. The Balaban J connectivity index is -0.0000000897. The molecule has 0 saturated heterocycles. The number of methoxy groups -OCH3 is 1. The SMILES string of the molecule is CC.CC.CC=O.CCC.CCCCCCC(CCCC)OC. The number of hydrogen-bond acceptors (Lipinski definition) is 2. The molecule has 0 aromatic heterocycles. The second-order valence-corrected chi connectivity index (χ2v) is 4.79. The van der Waals surface area contributed by atoms with Crippen LogP contribution >= 0.6 is 0 Å². The molecule has 1 unspecified atom stereocenters. The Hall–Kier alpha value is -0.370. The maximum absolute atomic E-state index is 8.81. The second-order valence-electron chi connectivity index (χ2n) is 4.79. The first-order valence-electron chi connectivity index (χ1n) is 10.1. The van der Waals surface area contributed by atoms with E-state index in [9.17, 15) is 0 Å². The van der Waals surface area contributed by atoms with Crippen LogP contribution in [-0.4, -0.2) is 19.5 Å². The largest absolute Gasteiger partial charge is 0.381 e. The topological polar surface area (TPSA) is 26.3 Å². The summed E-state index contributed by atoms with van der Waals surface area (Å²) in [7, 11) is 1.85. The van der Waals surface area contributed by atoms with Crippen LogP contribution in [0.1, 0.15) is 120 Å². The van der Waals surface area contributed by atoms with Gasteiger partial charge in [-0.3, -0.25) is 0 Å². The van der Waals surface area contributed by atoms with Crippen molar-refractivity contribution in [3.05, 3.63) is 0 Å². The molecule has 0 bridgehead atoms. The first-order valence-corrected chi connectivity index (χ1v) is 10.1. The molecule has 0 rings (SSSR count). The van der Waals surface area contributed by atoms with E-state index in [-0.39, 0.29) is 0 Å². The van der Waals surface area contributed by atoms with Gasteiger partial charge in [-0.25, -0.2) is 0 Å². The molecule has 0 heterocycles. The lowest BCUT2D eigenvalue weighted by Crippen LogP contribution is -2.09. The van der Waals surface area contributed by atoms with Gasteiger partial charge in [0.05, 0.1) is 6.10 Å². The van der Waals surface area contributed by atoms with E-state index in [0.29, 0.717) is 6.10 Å². The summed E-state index contributed by atoms with van der Waals surface area (Å²) in [6.07, 6.45) is 13.1. The number of rotatable bonds is 9. The number of carbonyl (C=O) groups is 1. The predicted molar refractivity (Wildman–Crippen MR) is 109 cm³/mol. The molecule has 1 atom stereocenters. The molecular formula is C21H50O2. The Morgan fingerprint density at radius 1 is 0.783 bits per heavy atom. The van der Waals surface area contributed by atoms with Gasteiger partial charge >= 0.3 is 0 Å². The van der Waals surface area contributed by atoms with Crippen LogP contribution in [0.15, 0.2) is 0 Å². The van der Waals surface area contributed by atoms with Crippen LogP contribution in [0.25, 0.3) is 0 Å². The highest BCUT2D eigenvalue weighted by Gasteiger charge is 2.05. The molecule has 23 heavy (non-hydrogen) atoms. The predicted octanol–water partition coefficient (Wildman–Crippen LogP) is 7.84. The first kappa shape index (κ1) is 34.1. The minimum absolute atomic E-state index is 0.525. The molecule has 0 fully saturated rings. The number of hydrogen-bond donors (Lipinski definition) is 0. The summed E-state index contributed by atoms with van der Waals surface area (Å²) in [5, 5.41) is 0. The van der Waals surface area contributed by atoms with Gasteiger partial charge in [0.2, 0.25) is 0 Å². The van der Waals surface area contributed by atoms with E-state index in [1.807, 2.05) is 34.8 Å². The molecule has 0 aliphatic carbocycles. The summed E-state index contributed by atoms with van der Waals surface area (Å²) in [5.41, 5.74) is 0. The zero-order valence-corrected chi connectivity index (χ0v) is 18.3. The van der Waals surface area contributed by atoms with Gasteiger partial charge in [-0.1, -0.05) is 100 Å². The first-order chi connectivity index (χ1) is 11.2. The van der Waals surface area contributed by atoms with Crippen molar-refractivity contribution in [2.45, 2.75) is 126 Å². The van der Waals surface area contributed by atoms with Crippen LogP contribution in [0.3, 0.4) is 0 Å². The van der Waals surface area contributed by atoms with Crippen LogP contribution in [0, 0.1) is 0 Å². The van der Waals surface area contributed by atoms with Gasteiger partial charge in [-0.15, -0.1) is 0 Å².